The number of aromatic nitrogens is 2. The molecule has 0 aliphatic carbocycles. The van der Waals surface area contributed by atoms with Crippen LogP contribution in [0.4, 0.5) is 0 Å². The average Bonchev–Trinajstić information content (AvgIpc) is 3.18. The number of benzene rings is 1. The van der Waals surface area contributed by atoms with Crippen molar-refractivity contribution in [2.45, 2.75) is 44.9 Å². The number of carbonyl (C=O) groups is 1. The highest BCUT2D eigenvalue weighted by Crippen LogP contribution is 2.25. The van der Waals surface area contributed by atoms with Crippen LogP contribution in [0.15, 0.2) is 36.5 Å². The van der Waals surface area contributed by atoms with E-state index >= 15 is 0 Å². The van der Waals surface area contributed by atoms with Crippen LogP contribution in [0, 0.1) is 0 Å². The molecule has 0 unspecified atom stereocenters. The fourth-order valence-electron chi connectivity index (χ4n) is 3.88. The van der Waals surface area contributed by atoms with Crippen LogP contribution in [0.1, 0.15) is 30.5 Å². The summed E-state index contributed by atoms with van der Waals surface area (Å²) in [7, 11) is 0. The Morgan fingerprint density at radius 2 is 2.08 bits per heavy atom. The van der Waals surface area contributed by atoms with E-state index in [4.69, 9.17) is 11.6 Å². The number of halogens is 1. The number of nitrogens with zero attached hydrogens (tertiary/aromatic N) is 4. The first kappa shape index (κ1) is 16.6. The van der Waals surface area contributed by atoms with Gasteiger partial charge in [-0.25, -0.2) is 0 Å². The van der Waals surface area contributed by atoms with Crippen molar-refractivity contribution in [3.05, 3.63) is 52.8 Å². The summed E-state index contributed by atoms with van der Waals surface area (Å²) in [6, 6.07) is 10.4. The number of hydrogen-bond acceptors (Lipinski definition) is 3. The van der Waals surface area contributed by atoms with E-state index in [1.807, 2.05) is 29.3 Å². The van der Waals surface area contributed by atoms with Crippen molar-refractivity contribution in [1.29, 1.82) is 0 Å². The van der Waals surface area contributed by atoms with Crippen molar-refractivity contribution in [3.63, 3.8) is 0 Å². The summed E-state index contributed by atoms with van der Waals surface area (Å²) in [4.78, 5) is 16.6. The quantitative estimate of drug-likeness (QED) is 0.843. The highest BCUT2D eigenvalue weighted by Gasteiger charge is 2.29. The third-order valence-electron chi connectivity index (χ3n) is 5.29. The zero-order chi connectivity index (χ0) is 17.2. The molecule has 1 fully saturated rings. The molecule has 4 rings (SSSR count). The maximum absolute atomic E-state index is 12.1. The van der Waals surface area contributed by atoms with Crippen LogP contribution in [-0.2, 0) is 24.4 Å². The van der Waals surface area contributed by atoms with Crippen LogP contribution in [0.3, 0.4) is 0 Å². The van der Waals surface area contributed by atoms with Gasteiger partial charge in [-0.3, -0.25) is 14.4 Å². The first-order chi connectivity index (χ1) is 12.2. The average molecular weight is 359 g/mol. The zero-order valence-corrected chi connectivity index (χ0v) is 15.0. The Labute approximate surface area is 153 Å². The molecule has 1 saturated heterocycles. The van der Waals surface area contributed by atoms with E-state index in [2.05, 4.69) is 26.8 Å². The summed E-state index contributed by atoms with van der Waals surface area (Å²) < 4.78 is 2.09. The minimum absolute atomic E-state index is 0.291. The standard InChI is InChI=1S/C19H23ClN4O/c20-18-5-2-1-4-15(18)12-23-14-17-7-9-21-24(17)11-8-16(23)13-22-10-3-6-19(22)25/h1-2,4-5,7,9,16H,3,6,8,10-14H2/t16-/m1/s1. The molecular weight excluding hydrogens is 336 g/mol. The van der Waals surface area contributed by atoms with Gasteiger partial charge in [-0.15, -0.1) is 0 Å². The van der Waals surface area contributed by atoms with Gasteiger partial charge in [-0.2, -0.15) is 5.10 Å². The Bertz CT molecular complexity index is 759. The van der Waals surface area contributed by atoms with Crippen molar-refractivity contribution < 1.29 is 4.79 Å². The normalized spacial score (nSPS) is 21.4. The Kier molecular flexibility index (Phi) is 4.77. The van der Waals surface area contributed by atoms with E-state index in [0.717, 1.165) is 56.2 Å². The molecule has 0 saturated carbocycles. The van der Waals surface area contributed by atoms with Crippen LogP contribution in [0.25, 0.3) is 0 Å². The Morgan fingerprint density at radius 1 is 1.20 bits per heavy atom. The van der Waals surface area contributed by atoms with Gasteiger partial charge in [0.1, 0.15) is 0 Å². The number of carbonyl (C=O) groups excluding carboxylic acids is 1. The largest absolute Gasteiger partial charge is 0.341 e. The van der Waals surface area contributed by atoms with Crippen LogP contribution in [-0.4, -0.2) is 44.6 Å². The lowest BCUT2D eigenvalue weighted by molar-refractivity contribution is -0.128. The van der Waals surface area contributed by atoms with Crippen molar-refractivity contribution >= 4 is 17.5 Å². The number of likely N-dealkylation sites (tertiary alicyclic amines) is 1. The molecule has 1 aromatic heterocycles. The summed E-state index contributed by atoms with van der Waals surface area (Å²) in [5.41, 5.74) is 2.36. The molecule has 1 amide bonds. The van der Waals surface area contributed by atoms with Gasteiger partial charge < -0.3 is 4.90 Å². The fourth-order valence-corrected chi connectivity index (χ4v) is 4.07. The van der Waals surface area contributed by atoms with Gasteiger partial charge in [-0.05, 0) is 30.5 Å². The van der Waals surface area contributed by atoms with Gasteiger partial charge in [0.15, 0.2) is 0 Å². The lowest BCUT2D eigenvalue weighted by Crippen LogP contribution is -2.43. The summed E-state index contributed by atoms with van der Waals surface area (Å²) >= 11 is 6.40. The van der Waals surface area contributed by atoms with Gasteiger partial charge in [-0.1, -0.05) is 29.8 Å². The molecule has 25 heavy (non-hydrogen) atoms. The van der Waals surface area contributed by atoms with E-state index < -0.39 is 0 Å². The van der Waals surface area contributed by atoms with E-state index in [1.165, 1.54) is 5.69 Å². The number of aryl methyl sites for hydroxylation is 1. The molecule has 6 heteroatoms. The molecule has 0 spiro atoms. The number of rotatable bonds is 4. The summed E-state index contributed by atoms with van der Waals surface area (Å²) in [5.74, 6) is 0.291. The summed E-state index contributed by atoms with van der Waals surface area (Å²) in [6.45, 7) is 4.21. The van der Waals surface area contributed by atoms with Gasteiger partial charge in [0, 0.05) is 56.4 Å². The van der Waals surface area contributed by atoms with Crippen molar-refractivity contribution in [1.82, 2.24) is 19.6 Å². The molecular formula is C19H23ClN4O. The van der Waals surface area contributed by atoms with E-state index in [-0.39, 0.29) is 0 Å². The van der Waals surface area contributed by atoms with Gasteiger partial charge in [0.2, 0.25) is 5.91 Å². The van der Waals surface area contributed by atoms with Gasteiger partial charge in [0.05, 0.1) is 5.69 Å². The van der Waals surface area contributed by atoms with Crippen LogP contribution < -0.4 is 0 Å². The zero-order valence-electron chi connectivity index (χ0n) is 14.3. The van der Waals surface area contributed by atoms with Crippen molar-refractivity contribution in [2.75, 3.05) is 13.1 Å². The van der Waals surface area contributed by atoms with Crippen LogP contribution >= 0.6 is 11.6 Å². The molecule has 2 aliphatic rings. The molecule has 0 N–H and O–H groups in total. The minimum Gasteiger partial charge on any atom is -0.341 e. The topological polar surface area (TPSA) is 41.4 Å². The van der Waals surface area contributed by atoms with Gasteiger partial charge >= 0.3 is 0 Å². The molecule has 0 radical (unpaired) electrons. The van der Waals surface area contributed by atoms with Crippen molar-refractivity contribution in [3.8, 4) is 0 Å². The molecule has 1 aromatic carbocycles. The fraction of sp³-hybridized carbons (Fsp3) is 0.474. The molecule has 2 aromatic rings. The van der Waals surface area contributed by atoms with E-state index in [1.54, 1.807) is 0 Å². The molecule has 132 valence electrons. The maximum Gasteiger partial charge on any atom is 0.222 e. The number of amides is 1. The van der Waals surface area contributed by atoms with Crippen molar-refractivity contribution in [2.24, 2.45) is 0 Å². The third kappa shape index (κ3) is 3.58. The first-order valence-corrected chi connectivity index (χ1v) is 9.34. The number of hydrogen-bond donors (Lipinski definition) is 0. The second-order valence-corrected chi connectivity index (χ2v) is 7.34. The molecule has 5 nitrogen and oxygen atoms in total. The predicted octanol–water partition coefficient (Wildman–Crippen LogP) is 2.93. The third-order valence-corrected chi connectivity index (χ3v) is 5.66. The number of fused-ring (bicyclic) bond motifs is 1. The maximum atomic E-state index is 12.1. The lowest BCUT2D eigenvalue weighted by atomic mass is 10.1. The molecule has 0 bridgehead atoms. The summed E-state index contributed by atoms with van der Waals surface area (Å²) in [5, 5.41) is 5.24. The van der Waals surface area contributed by atoms with Crippen LogP contribution in [0.2, 0.25) is 5.02 Å². The highest BCUT2D eigenvalue weighted by molar-refractivity contribution is 6.31. The smallest absolute Gasteiger partial charge is 0.222 e. The van der Waals surface area contributed by atoms with Gasteiger partial charge in [0.25, 0.3) is 0 Å². The lowest BCUT2D eigenvalue weighted by Gasteiger charge is -2.33. The van der Waals surface area contributed by atoms with E-state index in [9.17, 15) is 4.79 Å². The molecule has 2 aliphatic heterocycles. The Morgan fingerprint density at radius 3 is 2.88 bits per heavy atom. The summed E-state index contributed by atoms with van der Waals surface area (Å²) in [6.07, 6.45) is 4.53. The first-order valence-electron chi connectivity index (χ1n) is 8.96. The Balaban J connectivity index is 1.57. The molecule has 1 atom stereocenters. The predicted molar refractivity (Wildman–Crippen MR) is 97.1 cm³/mol. The second kappa shape index (κ2) is 7.18. The minimum atomic E-state index is 0.291. The SMILES string of the molecule is O=C1CCCN1C[C@H]1CCn2nccc2CN1Cc1ccccc1Cl. The van der Waals surface area contributed by atoms with E-state index in [0.29, 0.717) is 18.4 Å². The van der Waals surface area contributed by atoms with Crippen LogP contribution in [0.5, 0.6) is 0 Å². The monoisotopic (exact) mass is 358 g/mol. The Hall–Kier alpha value is -1.85. The second-order valence-electron chi connectivity index (χ2n) is 6.93. The molecule has 3 heterocycles. The highest BCUT2D eigenvalue weighted by atomic mass is 35.5.